The highest BCUT2D eigenvalue weighted by Crippen LogP contribution is 2.32. The third-order valence-corrected chi connectivity index (χ3v) is 5.56. The predicted molar refractivity (Wildman–Crippen MR) is 114 cm³/mol. The summed E-state index contributed by atoms with van der Waals surface area (Å²) in [4.78, 5) is 17.2. The molecule has 30 heavy (non-hydrogen) atoms. The van der Waals surface area contributed by atoms with Crippen LogP contribution < -0.4 is 4.74 Å². The van der Waals surface area contributed by atoms with Crippen LogP contribution in [0.1, 0.15) is 57.4 Å². The van der Waals surface area contributed by atoms with E-state index >= 15 is 0 Å². The molecule has 0 saturated carbocycles. The van der Waals surface area contributed by atoms with Gasteiger partial charge in [0.2, 0.25) is 11.7 Å². The number of nitrogens with zero attached hydrogens (tertiary/aromatic N) is 3. The zero-order chi connectivity index (χ0) is 20.9. The average Bonchev–Trinajstić information content (AvgIpc) is 3.42. The molecule has 0 radical (unpaired) electrons. The number of carboxylic acid groups (broad SMARTS) is 1. The third kappa shape index (κ3) is 4.40. The zero-order valence-corrected chi connectivity index (χ0v) is 17.2. The van der Waals surface area contributed by atoms with Crippen molar-refractivity contribution >= 4 is 16.9 Å². The van der Waals surface area contributed by atoms with Crippen LogP contribution in [0, 0.1) is 0 Å². The summed E-state index contributed by atoms with van der Waals surface area (Å²) in [7, 11) is 0. The molecule has 7 nitrogen and oxygen atoms in total. The predicted octanol–water partition coefficient (Wildman–Crippen LogP) is 5.66. The van der Waals surface area contributed by atoms with E-state index in [-0.39, 0.29) is 6.04 Å². The van der Waals surface area contributed by atoms with Crippen LogP contribution in [-0.4, -0.2) is 39.4 Å². The second-order valence-electron chi connectivity index (χ2n) is 7.72. The van der Waals surface area contributed by atoms with Gasteiger partial charge < -0.3 is 14.4 Å². The summed E-state index contributed by atoms with van der Waals surface area (Å²) in [5.74, 6) is 1.71. The number of fused-ring (bicyclic) bond motifs is 1. The first-order chi connectivity index (χ1) is 14.7. The Kier molecular flexibility index (Phi) is 6.16. The molecular weight excluding hydrogens is 382 g/mol. The van der Waals surface area contributed by atoms with Crippen molar-refractivity contribution in [3.63, 3.8) is 0 Å². The van der Waals surface area contributed by atoms with Gasteiger partial charge in [0, 0.05) is 12.1 Å². The van der Waals surface area contributed by atoms with Crippen molar-refractivity contribution < 1.29 is 19.2 Å². The highest BCUT2D eigenvalue weighted by Gasteiger charge is 2.34. The largest absolute Gasteiger partial charge is 0.494 e. The Balaban J connectivity index is 1.47. The van der Waals surface area contributed by atoms with E-state index in [1.165, 1.54) is 24.2 Å². The number of amides is 1. The fraction of sp³-hybridized carbons (Fsp3) is 0.435. The molecule has 0 unspecified atom stereocenters. The van der Waals surface area contributed by atoms with Crippen LogP contribution in [0.3, 0.4) is 0 Å². The van der Waals surface area contributed by atoms with E-state index in [4.69, 9.17) is 9.26 Å². The van der Waals surface area contributed by atoms with Gasteiger partial charge in [-0.1, -0.05) is 49.5 Å². The standard InChI is InChI=1S/C23H27N3O4/c1-2-3-4-5-13-29-19-11-10-16-14-18(9-8-17(16)15-19)21-24-22(30-25-21)20-7-6-12-26(20)23(27)28/h8-11,14-15,20H,2-7,12-13H2,1H3,(H,27,28)/t20-/m0/s1. The molecule has 1 aliphatic rings. The number of benzene rings is 2. The first-order valence-corrected chi connectivity index (χ1v) is 10.7. The molecule has 7 heteroatoms. The van der Waals surface area contributed by atoms with Crippen LogP contribution in [0.15, 0.2) is 40.9 Å². The SMILES string of the molecule is CCCCCCOc1ccc2cc(-c3noc([C@@H]4CCCN4C(=O)O)n3)ccc2c1. The van der Waals surface area contributed by atoms with Crippen LogP contribution >= 0.6 is 0 Å². The molecule has 1 aromatic heterocycles. The van der Waals surface area contributed by atoms with Gasteiger partial charge in [-0.3, -0.25) is 4.90 Å². The summed E-state index contributed by atoms with van der Waals surface area (Å²) in [5, 5.41) is 15.6. The van der Waals surface area contributed by atoms with Gasteiger partial charge >= 0.3 is 6.09 Å². The molecule has 1 N–H and O–H groups in total. The number of carbonyl (C=O) groups is 1. The minimum absolute atomic E-state index is 0.358. The summed E-state index contributed by atoms with van der Waals surface area (Å²) in [6.45, 7) is 3.44. The Hall–Kier alpha value is -3.09. The number of likely N-dealkylation sites (tertiary alicyclic amines) is 1. The lowest BCUT2D eigenvalue weighted by Crippen LogP contribution is -2.28. The molecule has 158 valence electrons. The van der Waals surface area contributed by atoms with Crippen molar-refractivity contribution in [1.82, 2.24) is 15.0 Å². The number of hydrogen-bond acceptors (Lipinski definition) is 5. The van der Waals surface area contributed by atoms with Crippen molar-refractivity contribution in [2.45, 2.75) is 51.5 Å². The lowest BCUT2D eigenvalue weighted by Gasteiger charge is -2.17. The van der Waals surface area contributed by atoms with Crippen molar-refractivity contribution in [3.8, 4) is 17.1 Å². The second-order valence-corrected chi connectivity index (χ2v) is 7.72. The van der Waals surface area contributed by atoms with Gasteiger partial charge in [0.05, 0.1) is 6.61 Å². The maximum absolute atomic E-state index is 11.4. The lowest BCUT2D eigenvalue weighted by molar-refractivity contribution is 0.131. The Labute approximate surface area is 175 Å². The fourth-order valence-electron chi connectivity index (χ4n) is 3.91. The van der Waals surface area contributed by atoms with Crippen LogP contribution in [-0.2, 0) is 0 Å². The Morgan fingerprint density at radius 1 is 1.20 bits per heavy atom. The number of unbranched alkanes of at least 4 members (excludes halogenated alkanes) is 3. The van der Waals surface area contributed by atoms with Crippen LogP contribution in [0.25, 0.3) is 22.2 Å². The number of rotatable bonds is 8. The smallest absolute Gasteiger partial charge is 0.407 e. The summed E-state index contributed by atoms with van der Waals surface area (Å²) in [6, 6.07) is 11.7. The molecule has 3 aromatic rings. The van der Waals surface area contributed by atoms with E-state index in [0.717, 1.165) is 41.5 Å². The lowest BCUT2D eigenvalue weighted by atomic mass is 10.1. The topological polar surface area (TPSA) is 88.7 Å². The molecule has 1 atom stereocenters. The minimum atomic E-state index is -0.952. The molecule has 0 bridgehead atoms. The Morgan fingerprint density at radius 3 is 2.87 bits per heavy atom. The molecular formula is C23H27N3O4. The number of aromatic nitrogens is 2. The number of hydrogen-bond donors (Lipinski definition) is 1. The normalized spacial score (nSPS) is 16.3. The maximum atomic E-state index is 11.4. The van der Waals surface area contributed by atoms with Gasteiger partial charge in [0.1, 0.15) is 11.8 Å². The molecule has 0 spiro atoms. The van der Waals surface area contributed by atoms with E-state index in [2.05, 4.69) is 17.1 Å². The molecule has 1 fully saturated rings. The van der Waals surface area contributed by atoms with Gasteiger partial charge in [-0.05, 0) is 48.2 Å². The molecule has 1 aliphatic heterocycles. The van der Waals surface area contributed by atoms with Crippen LogP contribution in [0.5, 0.6) is 5.75 Å². The van der Waals surface area contributed by atoms with Gasteiger partial charge in [-0.2, -0.15) is 4.98 Å². The third-order valence-electron chi connectivity index (χ3n) is 5.56. The number of ether oxygens (including phenoxy) is 1. The van der Waals surface area contributed by atoms with Crippen LogP contribution in [0.2, 0.25) is 0 Å². The van der Waals surface area contributed by atoms with Crippen molar-refractivity contribution in [1.29, 1.82) is 0 Å². The second kappa shape index (κ2) is 9.15. The maximum Gasteiger partial charge on any atom is 0.407 e. The van der Waals surface area contributed by atoms with Gasteiger partial charge in [0.15, 0.2) is 0 Å². The highest BCUT2D eigenvalue weighted by atomic mass is 16.5. The van der Waals surface area contributed by atoms with E-state index in [1.807, 2.05) is 36.4 Å². The molecule has 2 heterocycles. The first kappa shape index (κ1) is 20.2. The van der Waals surface area contributed by atoms with Gasteiger partial charge in [-0.15, -0.1) is 0 Å². The average molecular weight is 409 g/mol. The van der Waals surface area contributed by atoms with Gasteiger partial charge in [0.25, 0.3) is 0 Å². The first-order valence-electron chi connectivity index (χ1n) is 10.7. The van der Waals surface area contributed by atoms with E-state index in [9.17, 15) is 9.90 Å². The molecule has 0 aliphatic carbocycles. The van der Waals surface area contributed by atoms with Crippen molar-refractivity contribution in [2.24, 2.45) is 0 Å². The van der Waals surface area contributed by atoms with E-state index in [1.54, 1.807) is 0 Å². The van der Waals surface area contributed by atoms with Crippen LogP contribution in [0.4, 0.5) is 4.79 Å². The fourth-order valence-corrected chi connectivity index (χ4v) is 3.91. The quantitative estimate of drug-likeness (QED) is 0.483. The minimum Gasteiger partial charge on any atom is -0.494 e. The Bertz CT molecular complexity index is 1020. The van der Waals surface area contributed by atoms with Crippen molar-refractivity contribution in [2.75, 3.05) is 13.2 Å². The highest BCUT2D eigenvalue weighted by molar-refractivity contribution is 5.87. The summed E-state index contributed by atoms with van der Waals surface area (Å²) >= 11 is 0. The Morgan fingerprint density at radius 2 is 2.03 bits per heavy atom. The molecule has 2 aromatic carbocycles. The zero-order valence-electron chi connectivity index (χ0n) is 17.2. The molecule has 4 rings (SSSR count). The van der Waals surface area contributed by atoms with E-state index < -0.39 is 6.09 Å². The monoisotopic (exact) mass is 409 g/mol. The molecule has 1 amide bonds. The summed E-state index contributed by atoms with van der Waals surface area (Å²) < 4.78 is 11.3. The molecule has 1 saturated heterocycles. The van der Waals surface area contributed by atoms with Gasteiger partial charge in [-0.25, -0.2) is 4.79 Å². The summed E-state index contributed by atoms with van der Waals surface area (Å²) in [6.07, 6.45) is 5.29. The summed E-state index contributed by atoms with van der Waals surface area (Å²) in [5.41, 5.74) is 0.839. The van der Waals surface area contributed by atoms with Crippen molar-refractivity contribution in [3.05, 3.63) is 42.3 Å². The van der Waals surface area contributed by atoms with E-state index in [0.29, 0.717) is 24.7 Å².